The molecule has 0 saturated carbocycles. The molecule has 0 aromatic rings. The zero-order chi connectivity index (χ0) is 10.7. The Hall–Kier alpha value is -0.640. The molecule has 15 heavy (non-hydrogen) atoms. The third kappa shape index (κ3) is 2.30. The van der Waals surface area contributed by atoms with Gasteiger partial charge < -0.3 is 14.2 Å². The zero-order valence-corrected chi connectivity index (χ0v) is 9.09. The van der Waals surface area contributed by atoms with Gasteiger partial charge in [-0.25, -0.2) is 0 Å². The van der Waals surface area contributed by atoms with E-state index in [4.69, 9.17) is 14.2 Å². The second-order valence-corrected chi connectivity index (χ2v) is 3.83. The van der Waals surface area contributed by atoms with Crippen molar-refractivity contribution in [1.82, 2.24) is 0 Å². The number of hydrogen-bond acceptors (Lipinski definition) is 3. The van der Waals surface area contributed by atoms with E-state index in [-0.39, 0.29) is 24.4 Å². The lowest BCUT2D eigenvalue weighted by Crippen LogP contribution is -2.24. The SMILES string of the molecule is C=CC1OC(C2C=CCO2)CC1OCC. The van der Waals surface area contributed by atoms with Crippen LogP contribution in [0.15, 0.2) is 24.8 Å². The van der Waals surface area contributed by atoms with Crippen molar-refractivity contribution >= 4 is 0 Å². The topological polar surface area (TPSA) is 27.7 Å². The highest BCUT2D eigenvalue weighted by Crippen LogP contribution is 2.28. The van der Waals surface area contributed by atoms with Crippen molar-refractivity contribution in [3.63, 3.8) is 0 Å². The number of hydrogen-bond donors (Lipinski definition) is 0. The Morgan fingerprint density at radius 2 is 2.47 bits per heavy atom. The van der Waals surface area contributed by atoms with Crippen molar-refractivity contribution in [3.05, 3.63) is 24.8 Å². The van der Waals surface area contributed by atoms with Crippen LogP contribution in [-0.4, -0.2) is 37.6 Å². The minimum atomic E-state index is 0.00699. The molecular weight excluding hydrogens is 192 g/mol. The fourth-order valence-corrected chi connectivity index (χ4v) is 2.15. The molecule has 2 aliphatic rings. The quantitative estimate of drug-likeness (QED) is 0.661. The molecule has 0 spiro atoms. The van der Waals surface area contributed by atoms with Gasteiger partial charge in [-0.05, 0) is 6.92 Å². The van der Waals surface area contributed by atoms with E-state index in [1.54, 1.807) is 0 Å². The van der Waals surface area contributed by atoms with Gasteiger partial charge in [0.25, 0.3) is 0 Å². The minimum absolute atomic E-state index is 0.00699. The molecule has 2 rings (SSSR count). The van der Waals surface area contributed by atoms with Crippen LogP contribution in [0.25, 0.3) is 0 Å². The predicted molar refractivity (Wildman–Crippen MR) is 57.8 cm³/mol. The summed E-state index contributed by atoms with van der Waals surface area (Å²) in [5.74, 6) is 0. The van der Waals surface area contributed by atoms with Crippen molar-refractivity contribution in [2.45, 2.75) is 37.8 Å². The van der Waals surface area contributed by atoms with E-state index in [2.05, 4.69) is 12.7 Å². The van der Waals surface area contributed by atoms with E-state index in [0.29, 0.717) is 13.2 Å². The molecule has 0 radical (unpaired) electrons. The van der Waals surface area contributed by atoms with Gasteiger partial charge in [-0.3, -0.25) is 0 Å². The molecule has 0 aliphatic carbocycles. The Morgan fingerprint density at radius 3 is 3.07 bits per heavy atom. The molecule has 1 saturated heterocycles. The molecule has 3 nitrogen and oxygen atoms in total. The Morgan fingerprint density at radius 1 is 1.60 bits per heavy atom. The van der Waals surface area contributed by atoms with E-state index in [1.807, 2.05) is 19.1 Å². The maximum atomic E-state index is 5.84. The summed E-state index contributed by atoms with van der Waals surface area (Å²) < 4.78 is 17.0. The Labute approximate surface area is 90.7 Å². The van der Waals surface area contributed by atoms with Crippen molar-refractivity contribution in [2.24, 2.45) is 0 Å². The second-order valence-electron chi connectivity index (χ2n) is 3.83. The minimum Gasteiger partial charge on any atom is -0.375 e. The summed E-state index contributed by atoms with van der Waals surface area (Å²) in [6.07, 6.45) is 7.16. The van der Waals surface area contributed by atoms with Crippen LogP contribution in [0.5, 0.6) is 0 Å². The standard InChI is InChI=1S/C12H18O3/c1-3-9-11(13-4-2)8-12(15-9)10-6-5-7-14-10/h3,5-6,9-12H,1,4,7-8H2,2H3. The first-order valence-corrected chi connectivity index (χ1v) is 5.53. The molecule has 0 aromatic heterocycles. The van der Waals surface area contributed by atoms with Gasteiger partial charge in [0.2, 0.25) is 0 Å². The van der Waals surface area contributed by atoms with Gasteiger partial charge in [-0.1, -0.05) is 18.2 Å². The van der Waals surface area contributed by atoms with Gasteiger partial charge in [0.1, 0.15) is 12.2 Å². The van der Waals surface area contributed by atoms with E-state index >= 15 is 0 Å². The first kappa shape index (κ1) is 10.9. The fourth-order valence-electron chi connectivity index (χ4n) is 2.15. The second kappa shape index (κ2) is 4.92. The van der Waals surface area contributed by atoms with Crippen LogP contribution in [0, 0.1) is 0 Å². The lowest BCUT2D eigenvalue weighted by atomic mass is 10.1. The van der Waals surface area contributed by atoms with Crippen LogP contribution < -0.4 is 0 Å². The van der Waals surface area contributed by atoms with E-state index in [0.717, 1.165) is 6.42 Å². The molecule has 4 unspecified atom stereocenters. The average Bonchev–Trinajstić information content (AvgIpc) is 2.84. The Balaban J connectivity index is 1.94. The summed E-state index contributed by atoms with van der Waals surface area (Å²) in [4.78, 5) is 0. The molecule has 3 heteroatoms. The van der Waals surface area contributed by atoms with Gasteiger partial charge in [0.05, 0.1) is 18.8 Å². The third-order valence-electron chi connectivity index (χ3n) is 2.85. The summed E-state index contributed by atoms with van der Waals surface area (Å²) in [5.41, 5.74) is 0. The van der Waals surface area contributed by atoms with Gasteiger partial charge in [-0.2, -0.15) is 0 Å². The summed E-state index contributed by atoms with van der Waals surface area (Å²) in [6.45, 7) is 7.18. The van der Waals surface area contributed by atoms with Crippen LogP contribution in [-0.2, 0) is 14.2 Å². The van der Waals surface area contributed by atoms with Crippen molar-refractivity contribution < 1.29 is 14.2 Å². The maximum absolute atomic E-state index is 5.84. The molecule has 1 fully saturated rings. The maximum Gasteiger partial charge on any atom is 0.102 e. The molecule has 0 N–H and O–H groups in total. The van der Waals surface area contributed by atoms with E-state index < -0.39 is 0 Å². The van der Waals surface area contributed by atoms with Crippen molar-refractivity contribution in [3.8, 4) is 0 Å². The molecule has 0 bridgehead atoms. The molecule has 0 amide bonds. The summed E-state index contributed by atoms with van der Waals surface area (Å²) in [7, 11) is 0. The zero-order valence-electron chi connectivity index (χ0n) is 9.09. The third-order valence-corrected chi connectivity index (χ3v) is 2.85. The molecule has 84 valence electrons. The van der Waals surface area contributed by atoms with E-state index in [1.165, 1.54) is 0 Å². The highest BCUT2D eigenvalue weighted by atomic mass is 16.6. The lowest BCUT2D eigenvalue weighted by molar-refractivity contribution is -0.0332. The molecule has 0 aromatic carbocycles. The largest absolute Gasteiger partial charge is 0.375 e. The van der Waals surface area contributed by atoms with Crippen molar-refractivity contribution in [2.75, 3.05) is 13.2 Å². The molecule has 2 heterocycles. The summed E-state index contributed by atoms with van der Waals surface area (Å²) in [6, 6.07) is 0. The number of rotatable bonds is 4. The summed E-state index contributed by atoms with van der Waals surface area (Å²) >= 11 is 0. The highest BCUT2D eigenvalue weighted by molar-refractivity contribution is 5.04. The first-order valence-electron chi connectivity index (χ1n) is 5.53. The van der Waals surface area contributed by atoms with Crippen LogP contribution in [0.4, 0.5) is 0 Å². The summed E-state index contributed by atoms with van der Waals surface area (Å²) in [5, 5.41) is 0. The van der Waals surface area contributed by atoms with Crippen LogP contribution in [0.1, 0.15) is 13.3 Å². The monoisotopic (exact) mass is 210 g/mol. The van der Waals surface area contributed by atoms with E-state index in [9.17, 15) is 0 Å². The van der Waals surface area contributed by atoms with Crippen LogP contribution in [0.3, 0.4) is 0 Å². The predicted octanol–water partition coefficient (Wildman–Crippen LogP) is 1.69. The Kier molecular flexibility index (Phi) is 3.57. The first-order chi connectivity index (χ1) is 7.35. The van der Waals surface area contributed by atoms with Crippen LogP contribution >= 0.6 is 0 Å². The molecule has 2 aliphatic heterocycles. The van der Waals surface area contributed by atoms with Crippen molar-refractivity contribution in [1.29, 1.82) is 0 Å². The van der Waals surface area contributed by atoms with Gasteiger partial charge in [-0.15, -0.1) is 6.58 Å². The smallest absolute Gasteiger partial charge is 0.102 e. The normalized spacial score (nSPS) is 39.8. The number of ether oxygens (including phenoxy) is 3. The molecular formula is C12H18O3. The van der Waals surface area contributed by atoms with Gasteiger partial charge in [0, 0.05) is 13.0 Å². The highest BCUT2D eigenvalue weighted by Gasteiger charge is 2.38. The van der Waals surface area contributed by atoms with Gasteiger partial charge in [0.15, 0.2) is 0 Å². The molecule has 4 atom stereocenters. The fraction of sp³-hybridized carbons (Fsp3) is 0.667. The lowest BCUT2D eigenvalue weighted by Gasteiger charge is -2.16. The average molecular weight is 210 g/mol. The van der Waals surface area contributed by atoms with Gasteiger partial charge >= 0.3 is 0 Å². The Bertz CT molecular complexity index is 249. The van der Waals surface area contributed by atoms with Crippen LogP contribution in [0.2, 0.25) is 0 Å².